The van der Waals surface area contributed by atoms with Gasteiger partial charge < -0.3 is 5.32 Å². The molecule has 0 radical (unpaired) electrons. The topological polar surface area (TPSA) is 90.3 Å². The first-order chi connectivity index (χ1) is 7.81. The Morgan fingerprint density at radius 3 is 3.06 bits per heavy atom. The maximum atomic E-state index is 8.65. The second kappa shape index (κ2) is 4.40. The summed E-state index contributed by atoms with van der Waals surface area (Å²) in [7, 11) is 0. The Kier molecular flexibility index (Phi) is 2.78. The molecular formula is C10H10N6. The fourth-order valence-corrected chi connectivity index (χ4v) is 1.22. The monoisotopic (exact) mass is 214 g/mol. The highest BCUT2D eigenvalue weighted by Gasteiger charge is 2.02. The molecule has 0 saturated heterocycles. The quantitative estimate of drug-likeness (QED) is 0.805. The molecule has 0 aliphatic carbocycles. The zero-order valence-electron chi connectivity index (χ0n) is 8.73. The van der Waals surface area contributed by atoms with Crippen molar-refractivity contribution in [3.8, 4) is 6.07 Å². The second-order valence-corrected chi connectivity index (χ2v) is 3.13. The number of nitrogens with zero attached hydrogens (tertiary/aromatic N) is 4. The predicted octanol–water partition coefficient (Wildman–Crippen LogP) is 1.38. The van der Waals surface area contributed by atoms with E-state index in [9.17, 15) is 0 Å². The molecule has 2 N–H and O–H groups in total. The number of hydrogen-bond donors (Lipinski definition) is 2. The van der Waals surface area contributed by atoms with E-state index in [2.05, 4.69) is 25.5 Å². The van der Waals surface area contributed by atoms with Crippen LogP contribution in [0.4, 0.5) is 11.6 Å². The molecule has 0 fully saturated rings. The smallest absolute Gasteiger partial charge is 0.234 e. The van der Waals surface area contributed by atoms with Crippen molar-refractivity contribution < 1.29 is 0 Å². The van der Waals surface area contributed by atoms with Crippen LogP contribution in [-0.2, 0) is 6.42 Å². The first kappa shape index (κ1) is 10.1. The fraction of sp³-hybridized carbons (Fsp3) is 0.200. The van der Waals surface area contributed by atoms with Crippen LogP contribution in [0.5, 0.6) is 0 Å². The normalized spacial score (nSPS) is 9.75. The molecular weight excluding hydrogens is 204 g/mol. The van der Waals surface area contributed by atoms with E-state index in [0.717, 1.165) is 12.1 Å². The van der Waals surface area contributed by atoms with Gasteiger partial charge >= 0.3 is 0 Å². The van der Waals surface area contributed by atoms with Crippen molar-refractivity contribution in [2.24, 2.45) is 0 Å². The van der Waals surface area contributed by atoms with E-state index in [-0.39, 0.29) is 5.82 Å². The number of anilines is 2. The van der Waals surface area contributed by atoms with Gasteiger partial charge in [0, 0.05) is 18.0 Å². The number of hydrogen-bond acceptors (Lipinski definition) is 5. The number of H-pyrrole nitrogens is 1. The lowest BCUT2D eigenvalue weighted by Crippen LogP contribution is -1.96. The zero-order chi connectivity index (χ0) is 11.4. The van der Waals surface area contributed by atoms with E-state index >= 15 is 0 Å². The minimum Gasteiger partial charge on any atom is -0.323 e. The van der Waals surface area contributed by atoms with Crippen molar-refractivity contribution in [1.82, 2.24) is 20.2 Å². The molecule has 6 nitrogen and oxygen atoms in total. The van der Waals surface area contributed by atoms with Crippen LogP contribution in [0.3, 0.4) is 0 Å². The Morgan fingerprint density at radius 1 is 1.50 bits per heavy atom. The molecule has 0 atom stereocenters. The molecule has 0 aromatic carbocycles. The molecule has 0 spiro atoms. The second-order valence-electron chi connectivity index (χ2n) is 3.13. The first-order valence-electron chi connectivity index (χ1n) is 4.86. The minimum absolute atomic E-state index is 0.135. The number of rotatable bonds is 3. The Bertz CT molecular complexity index is 524. The van der Waals surface area contributed by atoms with Gasteiger partial charge in [0.1, 0.15) is 11.9 Å². The van der Waals surface area contributed by atoms with Crippen molar-refractivity contribution >= 4 is 11.6 Å². The van der Waals surface area contributed by atoms with Gasteiger partial charge in [-0.3, -0.25) is 5.10 Å². The van der Waals surface area contributed by atoms with Crippen LogP contribution in [0.15, 0.2) is 18.3 Å². The van der Waals surface area contributed by atoms with Crippen LogP contribution in [0.2, 0.25) is 0 Å². The summed E-state index contributed by atoms with van der Waals surface area (Å²) in [5.41, 5.74) is 1.04. The Labute approximate surface area is 92.4 Å². The third-order valence-corrected chi connectivity index (χ3v) is 2.02. The summed E-state index contributed by atoms with van der Waals surface area (Å²) in [6, 6.07) is 5.46. The van der Waals surface area contributed by atoms with Crippen LogP contribution >= 0.6 is 0 Å². The molecule has 6 heteroatoms. The van der Waals surface area contributed by atoms with Crippen LogP contribution in [0.1, 0.15) is 18.4 Å². The van der Waals surface area contributed by atoms with Gasteiger partial charge in [0.25, 0.3) is 0 Å². The van der Waals surface area contributed by atoms with Crippen molar-refractivity contribution in [2.45, 2.75) is 13.3 Å². The van der Waals surface area contributed by atoms with E-state index in [4.69, 9.17) is 5.26 Å². The van der Waals surface area contributed by atoms with Gasteiger partial charge in [-0.05, 0) is 12.5 Å². The molecule has 0 bridgehead atoms. The summed E-state index contributed by atoms with van der Waals surface area (Å²) in [6.45, 7) is 2.04. The van der Waals surface area contributed by atoms with E-state index in [1.807, 2.05) is 19.1 Å². The molecule has 2 rings (SSSR count). The first-order valence-corrected chi connectivity index (χ1v) is 4.86. The van der Waals surface area contributed by atoms with E-state index in [1.54, 1.807) is 6.07 Å². The van der Waals surface area contributed by atoms with Crippen LogP contribution in [0.25, 0.3) is 0 Å². The highest BCUT2D eigenvalue weighted by molar-refractivity contribution is 5.51. The molecule has 0 aliphatic heterocycles. The highest BCUT2D eigenvalue weighted by Crippen LogP contribution is 2.12. The van der Waals surface area contributed by atoms with Crippen LogP contribution < -0.4 is 5.32 Å². The fourth-order valence-electron chi connectivity index (χ4n) is 1.22. The molecule has 2 heterocycles. The molecule has 0 aliphatic rings. The SMILES string of the molecule is CCc1cc(Nc2ccnc(C#N)n2)n[nH]1. The van der Waals surface area contributed by atoms with Crippen molar-refractivity contribution in [3.05, 3.63) is 29.8 Å². The van der Waals surface area contributed by atoms with Gasteiger partial charge in [-0.25, -0.2) is 9.97 Å². The Hall–Kier alpha value is -2.42. The minimum atomic E-state index is 0.135. The third kappa shape index (κ3) is 2.15. The summed E-state index contributed by atoms with van der Waals surface area (Å²) in [6.07, 6.45) is 2.42. The number of aromatic nitrogens is 4. The third-order valence-electron chi connectivity index (χ3n) is 2.02. The average molecular weight is 214 g/mol. The van der Waals surface area contributed by atoms with Gasteiger partial charge in [0.2, 0.25) is 5.82 Å². The van der Waals surface area contributed by atoms with Crippen molar-refractivity contribution in [3.63, 3.8) is 0 Å². The highest BCUT2D eigenvalue weighted by atomic mass is 15.2. The summed E-state index contributed by atoms with van der Waals surface area (Å²) >= 11 is 0. The maximum absolute atomic E-state index is 8.65. The summed E-state index contributed by atoms with van der Waals surface area (Å²) in [5.74, 6) is 1.37. The molecule has 2 aromatic heterocycles. The van der Waals surface area contributed by atoms with Gasteiger partial charge in [0.05, 0.1) is 0 Å². The predicted molar refractivity (Wildman–Crippen MR) is 58.0 cm³/mol. The van der Waals surface area contributed by atoms with Gasteiger partial charge in [0.15, 0.2) is 5.82 Å². The lowest BCUT2D eigenvalue weighted by Gasteiger charge is -1.99. The number of nitriles is 1. The number of nitrogens with one attached hydrogen (secondary N) is 2. The van der Waals surface area contributed by atoms with Gasteiger partial charge in [-0.2, -0.15) is 10.4 Å². The molecule has 2 aromatic rings. The van der Waals surface area contributed by atoms with Crippen LogP contribution in [0, 0.1) is 11.3 Å². The zero-order valence-corrected chi connectivity index (χ0v) is 8.73. The Morgan fingerprint density at radius 2 is 2.38 bits per heavy atom. The standard InChI is InChI=1S/C10H10N6/c1-2-7-5-9(16-15-7)13-8-3-4-12-10(6-11)14-8/h3-5H,2H2,1H3,(H2,12,13,14,15,16). The Balaban J connectivity index is 2.17. The van der Waals surface area contributed by atoms with E-state index in [0.29, 0.717) is 11.6 Å². The number of aryl methyl sites for hydroxylation is 1. The summed E-state index contributed by atoms with van der Waals surface area (Å²) < 4.78 is 0. The summed E-state index contributed by atoms with van der Waals surface area (Å²) in [5, 5.41) is 18.6. The van der Waals surface area contributed by atoms with Gasteiger partial charge in [-0.15, -0.1) is 0 Å². The molecule has 16 heavy (non-hydrogen) atoms. The van der Waals surface area contributed by atoms with E-state index < -0.39 is 0 Å². The molecule has 0 saturated carbocycles. The van der Waals surface area contributed by atoms with Gasteiger partial charge in [-0.1, -0.05) is 6.92 Å². The maximum Gasteiger partial charge on any atom is 0.234 e. The lowest BCUT2D eigenvalue weighted by molar-refractivity contribution is 0.975. The van der Waals surface area contributed by atoms with Crippen molar-refractivity contribution in [1.29, 1.82) is 5.26 Å². The molecule has 0 amide bonds. The summed E-state index contributed by atoms with van der Waals surface area (Å²) in [4.78, 5) is 7.76. The van der Waals surface area contributed by atoms with Crippen LogP contribution in [-0.4, -0.2) is 20.2 Å². The average Bonchev–Trinajstić information content (AvgIpc) is 2.77. The molecule has 80 valence electrons. The van der Waals surface area contributed by atoms with Crippen molar-refractivity contribution in [2.75, 3.05) is 5.32 Å². The number of aromatic amines is 1. The molecule has 0 unspecified atom stereocenters. The lowest BCUT2D eigenvalue weighted by atomic mass is 10.3. The largest absolute Gasteiger partial charge is 0.323 e. The van der Waals surface area contributed by atoms with E-state index in [1.165, 1.54) is 6.20 Å².